The second-order valence-electron chi connectivity index (χ2n) is 4.23. The van der Waals surface area contributed by atoms with E-state index in [1.54, 1.807) is 6.07 Å². The molecule has 92 valence electrons. The highest BCUT2D eigenvalue weighted by atomic mass is 19.1. The molecule has 1 fully saturated rings. The number of hydrogen-bond donors (Lipinski definition) is 2. The molecule has 5 heteroatoms. The zero-order valence-corrected chi connectivity index (χ0v) is 9.28. The summed E-state index contributed by atoms with van der Waals surface area (Å²) >= 11 is 0. The Morgan fingerprint density at radius 2 is 2.29 bits per heavy atom. The van der Waals surface area contributed by atoms with Crippen LogP contribution in [0.15, 0.2) is 24.3 Å². The highest BCUT2D eigenvalue weighted by molar-refractivity contribution is 5.78. The molecular formula is C12H14FNO3. The number of hydrogen-bond acceptors (Lipinski definition) is 3. The van der Waals surface area contributed by atoms with Gasteiger partial charge in [-0.1, -0.05) is 6.07 Å². The zero-order valence-electron chi connectivity index (χ0n) is 9.28. The maximum absolute atomic E-state index is 12.8. The van der Waals surface area contributed by atoms with Crippen LogP contribution in [0.5, 0.6) is 5.75 Å². The van der Waals surface area contributed by atoms with Crippen molar-refractivity contribution in [3.05, 3.63) is 30.1 Å². The fraction of sp³-hybridized carbons (Fsp3) is 0.417. The topological polar surface area (TPSA) is 58.6 Å². The summed E-state index contributed by atoms with van der Waals surface area (Å²) in [5.74, 6) is -0.397. The van der Waals surface area contributed by atoms with Crippen LogP contribution in [0.1, 0.15) is 12.8 Å². The van der Waals surface area contributed by atoms with Gasteiger partial charge in [-0.2, -0.15) is 0 Å². The fourth-order valence-electron chi connectivity index (χ4n) is 1.51. The van der Waals surface area contributed by atoms with E-state index in [-0.39, 0.29) is 19.1 Å². The minimum Gasteiger partial charge on any atom is -0.484 e. The maximum atomic E-state index is 12.8. The number of nitrogens with one attached hydrogen (secondary N) is 1. The lowest BCUT2D eigenvalue weighted by Crippen LogP contribution is -2.42. The lowest BCUT2D eigenvalue weighted by atomic mass is 10.3. The van der Waals surface area contributed by atoms with E-state index in [1.165, 1.54) is 18.2 Å². The van der Waals surface area contributed by atoms with E-state index in [0.717, 1.165) is 12.8 Å². The van der Waals surface area contributed by atoms with Gasteiger partial charge in [0.05, 0.1) is 12.1 Å². The van der Waals surface area contributed by atoms with Gasteiger partial charge in [-0.05, 0) is 25.0 Å². The van der Waals surface area contributed by atoms with E-state index < -0.39 is 11.4 Å². The molecule has 1 aliphatic carbocycles. The number of aliphatic hydroxyl groups is 1. The summed E-state index contributed by atoms with van der Waals surface area (Å²) in [7, 11) is 0. The molecule has 2 rings (SSSR count). The van der Waals surface area contributed by atoms with Crippen molar-refractivity contribution in [1.82, 2.24) is 5.32 Å². The van der Waals surface area contributed by atoms with E-state index in [9.17, 15) is 9.18 Å². The first-order valence-electron chi connectivity index (χ1n) is 5.44. The number of rotatable bonds is 5. The van der Waals surface area contributed by atoms with Gasteiger partial charge < -0.3 is 15.2 Å². The first-order chi connectivity index (χ1) is 8.13. The summed E-state index contributed by atoms with van der Waals surface area (Å²) in [4.78, 5) is 11.5. The molecule has 1 amide bonds. The number of ether oxygens (including phenoxy) is 1. The molecule has 17 heavy (non-hydrogen) atoms. The number of carbonyl (C=O) groups is 1. The van der Waals surface area contributed by atoms with Crippen molar-refractivity contribution < 1.29 is 19.0 Å². The van der Waals surface area contributed by atoms with Crippen molar-refractivity contribution in [3.8, 4) is 5.75 Å². The molecule has 0 unspecified atom stereocenters. The number of halogens is 1. The molecule has 4 nitrogen and oxygen atoms in total. The second kappa shape index (κ2) is 4.71. The molecule has 0 atom stereocenters. The summed E-state index contributed by atoms with van der Waals surface area (Å²) in [5.41, 5.74) is -0.442. The Morgan fingerprint density at radius 3 is 2.88 bits per heavy atom. The molecule has 1 saturated carbocycles. The Hall–Kier alpha value is -1.62. The summed E-state index contributed by atoms with van der Waals surface area (Å²) in [5, 5.41) is 11.7. The van der Waals surface area contributed by atoms with Crippen LogP contribution in [-0.4, -0.2) is 29.8 Å². The SMILES string of the molecule is O=C(COc1cccc(F)c1)NC1(CO)CC1. The highest BCUT2D eigenvalue weighted by Crippen LogP contribution is 2.34. The van der Waals surface area contributed by atoms with Crippen molar-refractivity contribution in [2.24, 2.45) is 0 Å². The van der Waals surface area contributed by atoms with Crippen molar-refractivity contribution in [2.75, 3.05) is 13.2 Å². The normalized spacial score (nSPS) is 16.4. The average molecular weight is 239 g/mol. The first kappa shape index (κ1) is 11.9. The third kappa shape index (κ3) is 3.17. The van der Waals surface area contributed by atoms with Crippen LogP contribution in [0, 0.1) is 5.82 Å². The van der Waals surface area contributed by atoms with Crippen LogP contribution in [0.4, 0.5) is 4.39 Å². The molecular weight excluding hydrogens is 225 g/mol. The lowest BCUT2D eigenvalue weighted by Gasteiger charge is -2.14. The van der Waals surface area contributed by atoms with Crippen LogP contribution < -0.4 is 10.1 Å². The van der Waals surface area contributed by atoms with Gasteiger partial charge in [0.2, 0.25) is 0 Å². The molecule has 0 saturated heterocycles. The van der Waals surface area contributed by atoms with Crippen molar-refractivity contribution in [3.63, 3.8) is 0 Å². The monoisotopic (exact) mass is 239 g/mol. The Balaban J connectivity index is 1.80. The third-order valence-corrected chi connectivity index (χ3v) is 2.73. The molecule has 1 aliphatic rings. The van der Waals surface area contributed by atoms with Gasteiger partial charge >= 0.3 is 0 Å². The predicted molar refractivity (Wildman–Crippen MR) is 59.1 cm³/mol. The van der Waals surface area contributed by atoms with Crippen LogP contribution >= 0.6 is 0 Å². The van der Waals surface area contributed by atoms with Gasteiger partial charge in [0, 0.05) is 6.07 Å². The molecule has 1 aromatic carbocycles. The van der Waals surface area contributed by atoms with Crippen LogP contribution in [0.25, 0.3) is 0 Å². The van der Waals surface area contributed by atoms with E-state index >= 15 is 0 Å². The van der Waals surface area contributed by atoms with Gasteiger partial charge in [0.25, 0.3) is 5.91 Å². The van der Waals surface area contributed by atoms with Crippen molar-refractivity contribution >= 4 is 5.91 Å². The van der Waals surface area contributed by atoms with Gasteiger partial charge in [-0.15, -0.1) is 0 Å². The van der Waals surface area contributed by atoms with Crippen LogP contribution in [-0.2, 0) is 4.79 Å². The van der Waals surface area contributed by atoms with E-state index in [1.807, 2.05) is 0 Å². The molecule has 0 spiro atoms. The average Bonchev–Trinajstić information content (AvgIpc) is 3.07. The quantitative estimate of drug-likeness (QED) is 0.800. The molecule has 0 bridgehead atoms. The molecule has 0 aliphatic heterocycles. The van der Waals surface area contributed by atoms with Gasteiger partial charge in [0.1, 0.15) is 11.6 Å². The van der Waals surface area contributed by atoms with Crippen LogP contribution in [0.3, 0.4) is 0 Å². The highest BCUT2D eigenvalue weighted by Gasteiger charge is 2.43. The smallest absolute Gasteiger partial charge is 0.258 e. The molecule has 1 aromatic rings. The minimum atomic E-state index is -0.442. The molecule has 0 aromatic heterocycles. The van der Waals surface area contributed by atoms with E-state index in [2.05, 4.69) is 5.32 Å². The third-order valence-electron chi connectivity index (χ3n) is 2.73. The number of aliphatic hydroxyl groups excluding tert-OH is 1. The van der Waals surface area contributed by atoms with E-state index in [0.29, 0.717) is 5.75 Å². The summed E-state index contributed by atoms with van der Waals surface area (Å²) in [6, 6.07) is 5.61. The van der Waals surface area contributed by atoms with Gasteiger partial charge in [-0.3, -0.25) is 4.79 Å². The predicted octanol–water partition coefficient (Wildman–Crippen LogP) is 0.846. The maximum Gasteiger partial charge on any atom is 0.258 e. The Kier molecular flexibility index (Phi) is 3.28. The Morgan fingerprint density at radius 1 is 1.53 bits per heavy atom. The summed E-state index contributed by atoms with van der Waals surface area (Å²) in [6.45, 7) is -0.232. The number of amides is 1. The zero-order chi connectivity index (χ0) is 12.3. The van der Waals surface area contributed by atoms with Crippen molar-refractivity contribution in [2.45, 2.75) is 18.4 Å². The van der Waals surface area contributed by atoms with Crippen molar-refractivity contribution in [1.29, 1.82) is 0 Å². The van der Waals surface area contributed by atoms with E-state index in [4.69, 9.17) is 9.84 Å². The Bertz CT molecular complexity index is 418. The first-order valence-corrected chi connectivity index (χ1v) is 5.44. The standard InChI is InChI=1S/C12H14FNO3/c13-9-2-1-3-10(6-9)17-7-11(16)14-12(8-15)4-5-12/h1-3,6,15H,4-5,7-8H2,(H,14,16). The minimum absolute atomic E-state index is 0.0568. The number of carbonyl (C=O) groups excluding carboxylic acids is 1. The second-order valence-corrected chi connectivity index (χ2v) is 4.23. The van der Waals surface area contributed by atoms with Gasteiger partial charge in [0.15, 0.2) is 6.61 Å². The molecule has 2 N–H and O–H groups in total. The van der Waals surface area contributed by atoms with Gasteiger partial charge in [-0.25, -0.2) is 4.39 Å². The lowest BCUT2D eigenvalue weighted by molar-refractivity contribution is -0.124. The number of benzene rings is 1. The summed E-state index contributed by atoms with van der Waals surface area (Å²) < 4.78 is 17.9. The fourth-order valence-corrected chi connectivity index (χ4v) is 1.51. The summed E-state index contributed by atoms with van der Waals surface area (Å²) in [6.07, 6.45) is 1.57. The van der Waals surface area contributed by atoms with Crippen LogP contribution in [0.2, 0.25) is 0 Å². The Labute approximate surface area is 98.4 Å². The molecule has 0 heterocycles. The largest absolute Gasteiger partial charge is 0.484 e. The molecule has 0 radical (unpaired) electrons.